The zero-order valence-electron chi connectivity index (χ0n) is 17.4. The molecule has 0 radical (unpaired) electrons. The third-order valence-electron chi connectivity index (χ3n) is 4.79. The molecule has 1 unspecified atom stereocenters. The summed E-state index contributed by atoms with van der Waals surface area (Å²) in [6, 6.07) is 4.85. The van der Waals surface area contributed by atoms with Crippen molar-refractivity contribution >= 4 is 12.2 Å². The van der Waals surface area contributed by atoms with E-state index in [-0.39, 0.29) is 35.9 Å². The highest BCUT2D eigenvalue weighted by Gasteiger charge is 2.39. The molecule has 0 aliphatic carbocycles. The summed E-state index contributed by atoms with van der Waals surface area (Å²) in [6.07, 6.45) is 3.81. The molecule has 1 saturated heterocycles. The van der Waals surface area contributed by atoms with Gasteiger partial charge in [-0.25, -0.2) is 5.01 Å². The Balaban J connectivity index is 0.00000136. The first-order chi connectivity index (χ1) is 13.4. The van der Waals surface area contributed by atoms with Crippen LogP contribution >= 0.6 is 0 Å². The second-order valence-electron chi connectivity index (χ2n) is 6.91. The monoisotopic (exact) mass is 389 g/mol. The first-order valence-electron chi connectivity index (χ1n) is 9.86. The number of hydrogen-bond donors (Lipinski definition) is 1. The van der Waals surface area contributed by atoms with Crippen LogP contribution < -0.4 is 4.74 Å². The standard InChI is InChI=1S/C19H25N3O4.C2H6/c1-13(2)22-18(9-10-20(22)3)21-14(7-8-19(21)25)12-26-17-6-4-5-16(24)15(17)11-23;1-2/h4-6,9,11,13-14,24H,7-8,10,12H2,1-3H3;1-2H3. The highest BCUT2D eigenvalue weighted by molar-refractivity contribution is 5.83. The lowest BCUT2D eigenvalue weighted by Crippen LogP contribution is -2.47. The first-order valence-corrected chi connectivity index (χ1v) is 9.86. The normalized spacial score (nSPS) is 19.6. The zero-order valence-corrected chi connectivity index (χ0v) is 17.4. The van der Waals surface area contributed by atoms with Crippen molar-refractivity contribution in [2.75, 3.05) is 20.2 Å². The van der Waals surface area contributed by atoms with Crippen LogP contribution in [0.3, 0.4) is 0 Å². The fourth-order valence-corrected chi connectivity index (χ4v) is 3.62. The minimum atomic E-state index is -0.108. The van der Waals surface area contributed by atoms with Crippen LogP contribution in [-0.2, 0) is 4.79 Å². The van der Waals surface area contributed by atoms with Gasteiger partial charge in [0, 0.05) is 26.1 Å². The molecule has 1 aromatic rings. The van der Waals surface area contributed by atoms with Gasteiger partial charge >= 0.3 is 0 Å². The maximum atomic E-state index is 12.5. The van der Waals surface area contributed by atoms with E-state index in [1.54, 1.807) is 12.1 Å². The van der Waals surface area contributed by atoms with E-state index in [0.29, 0.717) is 24.9 Å². The van der Waals surface area contributed by atoms with Gasteiger partial charge in [-0.3, -0.25) is 19.5 Å². The highest BCUT2D eigenvalue weighted by Crippen LogP contribution is 2.32. The lowest BCUT2D eigenvalue weighted by atomic mass is 10.2. The van der Waals surface area contributed by atoms with Crippen molar-refractivity contribution in [3.63, 3.8) is 0 Å². The third kappa shape index (κ3) is 4.30. The van der Waals surface area contributed by atoms with E-state index in [0.717, 1.165) is 12.4 Å². The summed E-state index contributed by atoms with van der Waals surface area (Å²) in [5.41, 5.74) is 0.131. The van der Waals surface area contributed by atoms with Gasteiger partial charge in [-0.1, -0.05) is 19.9 Å². The van der Waals surface area contributed by atoms with Crippen molar-refractivity contribution in [3.8, 4) is 11.5 Å². The number of likely N-dealkylation sites (tertiary alicyclic amines) is 1. The molecule has 0 saturated carbocycles. The summed E-state index contributed by atoms with van der Waals surface area (Å²) in [6.45, 7) is 9.20. The summed E-state index contributed by atoms with van der Waals surface area (Å²) in [5.74, 6) is 1.20. The number of hydrogen-bond acceptors (Lipinski definition) is 6. The molecular formula is C21H31N3O4. The number of likely N-dealkylation sites (N-methyl/N-ethyl adjacent to an activating group) is 1. The predicted molar refractivity (Wildman–Crippen MR) is 108 cm³/mol. The Morgan fingerprint density at radius 3 is 2.68 bits per heavy atom. The number of rotatable bonds is 6. The topological polar surface area (TPSA) is 73.3 Å². The molecule has 154 valence electrons. The van der Waals surface area contributed by atoms with Gasteiger partial charge in [0.1, 0.15) is 23.9 Å². The Bertz CT molecular complexity index is 732. The molecule has 1 atom stereocenters. The average Bonchev–Trinajstić information content (AvgIpc) is 3.23. The Labute approximate surface area is 167 Å². The van der Waals surface area contributed by atoms with Crippen LogP contribution in [0.1, 0.15) is 50.9 Å². The Morgan fingerprint density at radius 1 is 1.32 bits per heavy atom. The van der Waals surface area contributed by atoms with Crippen LogP contribution in [0.5, 0.6) is 11.5 Å². The molecule has 0 spiro atoms. The second kappa shape index (κ2) is 9.59. The molecule has 7 nitrogen and oxygen atoms in total. The number of nitrogens with zero attached hydrogens (tertiary/aromatic N) is 3. The number of aldehydes is 1. The van der Waals surface area contributed by atoms with Gasteiger partial charge in [0.25, 0.3) is 0 Å². The second-order valence-corrected chi connectivity index (χ2v) is 6.91. The summed E-state index contributed by atoms with van der Waals surface area (Å²) < 4.78 is 5.81. The molecule has 0 bridgehead atoms. The lowest BCUT2D eigenvalue weighted by Gasteiger charge is -2.38. The zero-order chi connectivity index (χ0) is 20.8. The van der Waals surface area contributed by atoms with Gasteiger partial charge in [-0.15, -0.1) is 0 Å². The van der Waals surface area contributed by atoms with E-state index in [9.17, 15) is 14.7 Å². The van der Waals surface area contributed by atoms with Crippen molar-refractivity contribution in [1.29, 1.82) is 0 Å². The van der Waals surface area contributed by atoms with E-state index in [1.165, 1.54) is 6.07 Å². The van der Waals surface area contributed by atoms with Gasteiger partial charge in [0.15, 0.2) is 6.29 Å². The van der Waals surface area contributed by atoms with E-state index in [2.05, 4.69) is 29.9 Å². The number of phenols is 1. The Morgan fingerprint density at radius 2 is 2.04 bits per heavy atom. The summed E-state index contributed by atoms with van der Waals surface area (Å²) in [5, 5.41) is 14.0. The van der Waals surface area contributed by atoms with Crippen molar-refractivity contribution in [3.05, 3.63) is 35.7 Å². The number of ether oxygens (including phenoxy) is 1. The van der Waals surface area contributed by atoms with Crippen LogP contribution in [0.4, 0.5) is 0 Å². The molecule has 2 heterocycles. The molecular weight excluding hydrogens is 358 g/mol. The third-order valence-corrected chi connectivity index (χ3v) is 4.79. The number of carbonyl (C=O) groups excluding carboxylic acids is 2. The van der Waals surface area contributed by atoms with Crippen LogP contribution in [0, 0.1) is 0 Å². The van der Waals surface area contributed by atoms with Crippen LogP contribution in [0.25, 0.3) is 0 Å². The number of aromatic hydroxyl groups is 1. The van der Waals surface area contributed by atoms with E-state index < -0.39 is 0 Å². The maximum Gasteiger partial charge on any atom is 0.228 e. The van der Waals surface area contributed by atoms with Crippen molar-refractivity contribution in [1.82, 2.24) is 14.9 Å². The maximum absolute atomic E-state index is 12.5. The van der Waals surface area contributed by atoms with Crippen LogP contribution in [-0.4, -0.2) is 64.5 Å². The highest BCUT2D eigenvalue weighted by atomic mass is 16.5. The van der Waals surface area contributed by atoms with Crippen molar-refractivity contribution < 1.29 is 19.4 Å². The number of amides is 1. The average molecular weight is 389 g/mol. The molecule has 1 fully saturated rings. The molecule has 28 heavy (non-hydrogen) atoms. The fourth-order valence-electron chi connectivity index (χ4n) is 3.62. The van der Waals surface area contributed by atoms with Gasteiger partial charge in [0.2, 0.25) is 5.91 Å². The SMILES string of the molecule is CC.CC(C)N1C(N2C(=O)CCC2COc2cccc(O)c2C=O)=CCN1C. The van der Waals surface area contributed by atoms with Crippen LogP contribution in [0.15, 0.2) is 30.1 Å². The number of hydrazine groups is 1. The molecule has 7 heteroatoms. The summed E-state index contributed by atoms with van der Waals surface area (Å²) in [7, 11) is 2.00. The van der Waals surface area contributed by atoms with E-state index in [4.69, 9.17) is 4.74 Å². The predicted octanol–water partition coefficient (Wildman–Crippen LogP) is 3.01. The summed E-state index contributed by atoms with van der Waals surface area (Å²) >= 11 is 0. The lowest BCUT2D eigenvalue weighted by molar-refractivity contribution is -0.130. The minimum Gasteiger partial charge on any atom is -0.507 e. The number of benzene rings is 1. The van der Waals surface area contributed by atoms with Gasteiger partial charge in [-0.05, 0) is 38.5 Å². The van der Waals surface area contributed by atoms with E-state index >= 15 is 0 Å². The van der Waals surface area contributed by atoms with Gasteiger partial charge < -0.3 is 9.84 Å². The summed E-state index contributed by atoms with van der Waals surface area (Å²) in [4.78, 5) is 25.5. The van der Waals surface area contributed by atoms with E-state index in [1.807, 2.05) is 25.8 Å². The number of carbonyl (C=O) groups is 2. The van der Waals surface area contributed by atoms with Crippen molar-refractivity contribution in [2.45, 2.75) is 52.6 Å². The smallest absolute Gasteiger partial charge is 0.228 e. The number of phenolic OH excluding ortho intramolecular Hbond substituents is 1. The molecule has 1 N–H and O–H groups in total. The quantitative estimate of drug-likeness (QED) is 0.754. The van der Waals surface area contributed by atoms with Crippen molar-refractivity contribution in [2.24, 2.45) is 0 Å². The molecule has 2 aliphatic heterocycles. The molecule has 1 amide bonds. The minimum absolute atomic E-state index is 0.0809. The molecule has 2 aliphatic rings. The molecule has 3 rings (SSSR count). The fraction of sp³-hybridized carbons (Fsp3) is 0.524. The molecule has 1 aromatic carbocycles. The Kier molecular flexibility index (Phi) is 7.45. The largest absolute Gasteiger partial charge is 0.507 e. The Hall–Kier alpha value is -2.54. The first kappa shape index (κ1) is 21.8. The molecule has 0 aromatic heterocycles. The van der Waals surface area contributed by atoms with Crippen LogP contribution in [0.2, 0.25) is 0 Å². The van der Waals surface area contributed by atoms with Gasteiger partial charge in [0.05, 0.1) is 11.6 Å². The van der Waals surface area contributed by atoms with Gasteiger partial charge in [-0.2, -0.15) is 0 Å².